The first-order valence-corrected chi connectivity index (χ1v) is 7.57. The Morgan fingerprint density at radius 1 is 0.909 bits per heavy atom. The molecule has 0 spiro atoms. The van der Waals surface area contributed by atoms with E-state index in [2.05, 4.69) is 34.5 Å². The molecule has 131 valence electrons. The standard InChI is InChI=1S/C14H30FN4.2ClH.Ti/c1-18-10-3-7-16-9-6-14(15)17-8-4-11-19(2)13-5-12-18;;;/h14,16H,3-13H2,1-2H3;2*1H;/q-1;;;+3/p-2. The second kappa shape index (κ2) is 18.4. The van der Waals surface area contributed by atoms with Crippen molar-refractivity contribution in [2.24, 2.45) is 0 Å². The van der Waals surface area contributed by atoms with Crippen molar-refractivity contribution in [3.05, 3.63) is 5.32 Å². The molecule has 1 saturated heterocycles. The van der Waals surface area contributed by atoms with Gasteiger partial charge in [0.15, 0.2) is 0 Å². The maximum absolute atomic E-state index is 13.4. The number of alkyl halides is 1. The summed E-state index contributed by atoms with van der Waals surface area (Å²) in [4.78, 5) is 4.71. The van der Waals surface area contributed by atoms with Crippen LogP contribution in [0.1, 0.15) is 25.7 Å². The average molecular weight is 392 g/mol. The summed E-state index contributed by atoms with van der Waals surface area (Å²) in [5, 5.41) is 7.35. The van der Waals surface area contributed by atoms with Crippen molar-refractivity contribution >= 4 is 0 Å². The third-order valence-corrected chi connectivity index (χ3v) is 3.56. The maximum Gasteiger partial charge on any atom is 3.00 e. The molecule has 0 aromatic heterocycles. The van der Waals surface area contributed by atoms with Crippen molar-refractivity contribution in [1.82, 2.24) is 15.1 Å². The first-order valence-electron chi connectivity index (χ1n) is 7.57. The zero-order valence-electron chi connectivity index (χ0n) is 13.8. The van der Waals surface area contributed by atoms with Crippen LogP contribution in [0.3, 0.4) is 0 Å². The predicted molar refractivity (Wildman–Crippen MR) is 79.5 cm³/mol. The average Bonchev–Trinajstić information content (AvgIpc) is 2.37. The molecule has 0 aromatic rings. The molecule has 1 fully saturated rings. The Balaban J connectivity index is -0.00000120. The third kappa shape index (κ3) is 15.9. The van der Waals surface area contributed by atoms with Gasteiger partial charge in [-0.1, -0.05) is 6.42 Å². The van der Waals surface area contributed by atoms with Crippen molar-refractivity contribution in [2.75, 3.05) is 59.9 Å². The molecule has 1 radical (unpaired) electrons. The van der Waals surface area contributed by atoms with Crippen LogP contribution in [0.2, 0.25) is 0 Å². The summed E-state index contributed by atoms with van der Waals surface area (Å²) in [7, 11) is 4.32. The van der Waals surface area contributed by atoms with E-state index in [9.17, 15) is 4.39 Å². The molecule has 0 bridgehead atoms. The smallest absolute Gasteiger partial charge is 1.00 e. The molecule has 0 aliphatic carbocycles. The zero-order chi connectivity index (χ0) is 13.9. The van der Waals surface area contributed by atoms with E-state index in [1.807, 2.05) is 0 Å². The summed E-state index contributed by atoms with van der Waals surface area (Å²) >= 11 is 0. The molecule has 0 amide bonds. The fourth-order valence-electron chi connectivity index (χ4n) is 2.32. The minimum absolute atomic E-state index is 0. The summed E-state index contributed by atoms with van der Waals surface area (Å²) in [5.41, 5.74) is 0. The zero-order valence-corrected chi connectivity index (χ0v) is 16.9. The molecule has 1 unspecified atom stereocenters. The molecular formula is C14H30Cl2FN4Ti. The quantitative estimate of drug-likeness (QED) is 0.335. The van der Waals surface area contributed by atoms with Crippen LogP contribution in [0.25, 0.3) is 5.32 Å². The van der Waals surface area contributed by atoms with Crippen LogP contribution < -0.4 is 30.1 Å². The molecule has 1 aliphatic heterocycles. The predicted octanol–water partition coefficient (Wildman–Crippen LogP) is -4.31. The minimum Gasteiger partial charge on any atom is -1.00 e. The Hall–Kier alpha value is 1.06. The van der Waals surface area contributed by atoms with Crippen LogP contribution in [0, 0.1) is 0 Å². The third-order valence-electron chi connectivity index (χ3n) is 3.56. The number of nitrogens with zero attached hydrogens (tertiary/aromatic N) is 3. The number of hydrogen-bond donors (Lipinski definition) is 1. The molecule has 1 heterocycles. The van der Waals surface area contributed by atoms with E-state index in [0.717, 1.165) is 52.1 Å². The van der Waals surface area contributed by atoms with E-state index >= 15 is 0 Å². The molecule has 8 heteroatoms. The van der Waals surface area contributed by atoms with Gasteiger partial charge in [0, 0.05) is 6.30 Å². The molecule has 4 nitrogen and oxygen atoms in total. The summed E-state index contributed by atoms with van der Waals surface area (Å²) in [6, 6.07) is 0. The molecule has 22 heavy (non-hydrogen) atoms. The molecule has 1 rings (SSSR count). The van der Waals surface area contributed by atoms with Gasteiger partial charge in [-0.2, -0.15) is 0 Å². The first kappa shape index (κ1) is 27.9. The van der Waals surface area contributed by atoms with Crippen LogP contribution in [0.5, 0.6) is 0 Å². The number of nitrogens with one attached hydrogen (secondary N) is 1. The van der Waals surface area contributed by atoms with Gasteiger partial charge < -0.3 is 45.2 Å². The van der Waals surface area contributed by atoms with E-state index < -0.39 is 6.30 Å². The Labute approximate surface area is 163 Å². The molecule has 0 saturated carbocycles. The van der Waals surface area contributed by atoms with Crippen LogP contribution in [0.15, 0.2) is 0 Å². The first-order chi connectivity index (χ1) is 9.18. The fraction of sp³-hybridized carbons (Fsp3) is 1.00. The van der Waals surface area contributed by atoms with Gasteiger partial charge in [0.05, 0.1) is 0 Å². The second-order valence-corrected chi connectivity index (χ2v) is 5.55. The Kier molecular flexibility index (Phi) is 23.3. The van der Waals surface area contributed by atoms with Crippen LogP contribution in [-0.2, 0) is 21.7 Å². The van der Waals surface area contributed by atoms with Crippen molar-refractivity contribution in [1.29, 1.82) is 0 Å². The van der Waals surface area contributed by atoms with Gasteiger partial charge in [0.2, 0.25) is 0 Å². The number of rotatable bonds is 0. The van der Waals surface area contributed by atoms with Crippen LogP contribution in [0.4, 0.5) is 4.39 Å². The molecule has 1 atom stereocenters. The Morgan fingerprint density at radius 3 is 2.09 bits per heavy atom. The van der Waals surface area contributed by atoms with E-state index in [-0.39, 0.29) is 46.5 Å². The molecule has 0 aromatic carbocycles. The van der Waals surface area contributed by atoms with Gasteiger partial charge in [-0.05, 0) is 72.6 Å². The fourth-order valence-corrected chi connectivity index (χ4v) is 2.32. The van der Waals surface area contributed by atoms with E-state index in [1.54, 1.807) is 0 Å². The SMILES string of the molecule is CN1CCC[N-]C(F)CCNCCCN(C)CCC1.[Cl-].[Cl-].[Ti+3]. The summed E-state index contributed by atoms with van der Waals surface area (Å²) < 4.78 is 13.4. The van der Waals surface area contributed by atoms with Gasteiger partial charge in [0.1, 0.15) is 0 Å². The second-order valence-electron chi connectivity index (χ2n) is 5.55. The van der Waals surface area contributed by atoms with E-state index in [0.29, 0.717) is 13.0 Å². The van der Waals surface area contributed by atoms with E-state index in [1.165, 1.54) is 6.42 Å². The van der Waals surface area contributed by atoms with Gasteiger partial charge in [-0.3, -0.25) is 4.39 Å². The minimum atomic E-state index is -0.992. The topological polar surface area (TPSA) is 32.6 Å². The molecular weight excluding hydrogens is 362 g/mol. The normalized spacial score (nSPS) is 24.4. The van der Waals surface area contributed by atoms with Crippen molar-refractivity contribution in [3.8, 4) is 0 Å². The van der Waals surface area contributed by atoms with Crippen molar-refractivity contribution in [2.45, 2.75) is 32.0 Å². The molecule has 1 aliphatic rings. The van der Waals surface area contributed by atoms with Crippen LogP contribution in [-0.4, -0.2) is 76.0 Å². The van der Waals surface area contributed by atoms with Crippen LogP contribution >= 0.6 is 0 Å². The monoisotopic (exact) mass is 391 g/mol. The van der Waals surface area contributed by atoms with Gasteiger partial charge in [-0.25, -0.2) is 0 Å². The van der Waals surface area contributed by atoms with Gasteiger partial charge >= 0.3 is 21.7 Å². The molecule has 1 N–H and O–H groups in total. The summed E-state index contributed by atoms with van der Waals surface area (Å²) in [6.07, 6.45) is 2.80. The number of hydrogen-bond acceptors (Lipinski definition) is 3. The number of halogens is 3. The summed E-state index contributed by atoms with van der Waals surface area (Å²) in [5.74, 6) is 0. The van der Waals surface area contributed by atoms with Gasteiger partial charge in [0.25, 0.3) is 0 Å². The summed E-state index contributed by atoms with van der Waals surface area (Å²) in [6.45, 7) is 6.73. The Bertz CT molecular complexity index is 231. The van der Waals surface area contributed by atoms with E-state index in [4.69, 9.17) is 0 Å². The largest absolute Gasteiger partial charge is 3.00 e. The van der Waals surface area contributed by atoms with Crippen molar-refractivity contribution in [3.63, 3.8) is 0 Å². The Morgan fingerprint density at radius 2 is 1.45 bits per heavy atom. The maximum atomic E-state index is 13.4. The van der Waals surface area contributed by atoms with Gasteiger partial charge in [-0.15, -0.1) is 6.54 Å². The van der Waals surface area contributed by atoms with Crippen molar-refractivity contribution < 1.29 is 50.9 Å².